The Hall–Kier alpha value is -7.42. The molecule has 2 heteroatoms. The van der Waals surface area contributed by atoms with E-state index in [4.69, 9.17) is 0 Å². The number of fused-ring (bicyclic) bond motifs is 6. The second kappa shape index (κ2) is 13.4. The summed E-state index contributed by atoms with van der Waals surface area (Å²) in [6, 6.07) is 84.2. The minimum atomic E-state index is -0.509. The first-order valence-electron chi connectivity index (χ1n) is 19.7. The number of hydrogen-bond donors (Lipinski definition) is 0. The number of aromatic nitrogens is 1. The second-order valence-corrected chi connectivity index (χ2v) is 14.9. The van der Waals surface area contributed by atoms with Crippen LogP contribution in [0, 0.1) is 0 Å². The Morgan fingerprint density at radius 2 is 0.912 bits per heavy atom. The lowest BCUT2D eigenvalue weighted by molar-refractivity contribution is 0.770. The Morgan fingerprint density at radius 3 is 1.58 bits per heavy atom. The zero-order valence-corrected chi connectivity index (χ0v) is 31.3. The molecule has 1 aromatic heterocycles. The molecular weight excluding hydrogens is 689 g/mol. The third-order valence-electron chi connectivity index (χ3n) is 11.9. The van der Waals surface area contributed by atoms with Gasteiger partial charge in [-0.3, -0.25) is 0 Å². The molecule has 0 amide bonds. The summed E-state index contributed by atoms with van der Waals surface area (Å²) in [5, 5.41) is 2.41. The van der Waals surface area contributed by atoms with Crippen molar-refractivity contribution in [1.82, 2.24) is 4.57 Å². The summed E-state index contributed by atoms with van der Waals surface area (Å²) >= 11 is 0. The van der Waals surface area contributed by atoms with Crippen molar-refractivity contribution in [2.24, 2.45) is 0 Å². The first-order valence-corrected chi connectivity index (χ1v) is 19.7. The van der Waals surface area contributed by atoms with Crippen LogP contribution in [0.4, 0.5) is 17.1 Å². The van der Waals surface area contributed by atoms with Crippen molar-refractivity contribution in [3.63, 3.8) is 0 Å². The maximum atomic E-state index is 2.49. The van der Waals surface area contributed by atoms with Gasteiger partial charge in [0, 0.05) is 27.8 Å². The number of nitrogens with zero attached hydrogens (tertiary/aromatic N) is 2. The van der Waals surface area contributed by atoms with Gasteiger partial charge in [0.1, 0.15) is 0 Å². The van der Waals surface area contributed by atoms with E-state index in [0.717, 1.165) is 28.3 Å². The van der Waals surface area contributed by atoms with E-state index in [9.17, 15) is 0 Å². The van der Waals surface area contributed by atoms with E-state index in [-0.39, 0.29) is 0 Å². The van der Waals surface area contributed by atoms with Crippen LogP contribution in [0.25, 0.3) is 49.7 Å². The van der Waals surface area contributed by atoms with E-state index in [1.807, 2.05) is 0 Å². The summed E-state index contributed by atoms with van der Waals surface area (Å²) in [6.07, 6.45) is 0. The normalized spacial score (nSPS) is 12.7. The van der Waals surface area contributed by atoms with Crippen LogP contribution in [0.5, 0.6) is 0 Å². The van der Waals surface area contributed by atoms with Crippen LogP contribution in [0.1, 0.15) is 22.3 Å². The number of benzene rings is 9. The molecule has 10 aromatic rings. The van der Waals surface area contributed by atoms with Crippen LogP contribution in [-0.4, -0.2) is 4.57 Å². The van der Waals surface area contributed by atoms with Gasteiger partial charge in [0.15, 0.2) is 0 Å². The van der Waals surface area contributed by atoms with E-state index in [0.29, 0.717) is 0 Å². The Morgan fingerprint density at radius 1 is 0.368 bits per heavy atom. The molecule has 1 aliphatic rings. The van der Waals surface area contributed by atoms with Gasteiger partial charge in [-0.25, -0.2) is 0 Å². The molecule has 9 aromatic carbocycles. The van der Waals surface area contributed by atoms with Crippen molar-refractivity contribution in [2.75, 3.05) is 4.90 Å². The summed E-state index contributed by atoms with van der Waals surface area (Å²) in [5.41, 5.74) is 16.4. The Balaban J connectivity index is 1.23. The lowest BCUT2D eigenvalue weighted by atomic mass is 9.67. The molecule has 0 unspecified atom stereocenters. The van der Waals surface area contributed by atoms with Gasteiger partial charge in [-0.15, -0.1) is 0 Å². The summed E-state index contributed by atoms with van der Waals surface area (Å²) in [7, 11) is 0. The van der Waals surface area contributed by atoms with Crippen LogP contribution in [-0.2, 0) is 5.41 Å². The third kappa shape index (κ3) is 5.11. The Labute approximate surface area is 333 Å². The molecule has 0 saturated heterocycles. The van der Waals surface area contributed by atoms with Gasteiger partial charge in [0.05, 0.1) is 22.1 Å². The van der Waals surface area contributed by atoms with Crippen LogP contribution in [0.3, 0.4) is 0 Å². The molecule has 1 heterocycles. The Bertz CT molecular complexity index is 2990. The fourth-order valence-electron chi connectivity index (χ4n) is 9.48. The topological polar surface area (TPSA) is 8.17 Å². The molecule has 1 aliphatic carbocycles. The molecule has 0 aliphatic heterocycles. The van der Waals surface area contributed by atoms with Gasteiger partial charge in [0.2, 0.25) is 0 Å². The van der Waals surface area contributed by atoms with Gasteiger partial charge in [-0.05, 0) is 105 Å². The van der Waals surface area contributed by atoms with Crippen molar-refractivity contribution in [3.05, 3.63) is 253 Å². The third-order valence-corrected chi connectivity index (χ3v) is 11.9. The summed E-state index contributed by atoms with van der Waals surface area (Å²) in [4.78, 5) is 2.42. The number of rotatable bonds is 7. The van der Waals surface area contributed by atoms with Crippen molar-refractivity contribution in [3.8, 4) is 27.9 Å². The molecule has 0 N–H and O–H groups in total. The fraction of sp³-hybridized carbons (Fsp3) is 0.0182. The highest BCUT2D eigenvalue weighted by Crippen LogP contribution is 2.57. The minimum Gasteiger partial charge on any atom is -0.310 e. The van der Waals surface area contributed by atoms with Crippen LogP contribution in [0.2, 0.25) is 0 Å². The van der Waals surface area contributed by atoms with Crippen LogP contribution >= 0.6 is 0 Å². The van der Waals surface area contributed by atoms with Crippen molar-refractivity contribution in [1.29, 1.82) is 0 Å². The summed E-state index contributed by atoms with van der Waals surface area (Å²) < 4.78 is 2.44. The monoisotopic (exact) mass is 726 g/mol. The molecule has 0 saturated carbocycles. The molecular formula is C55H38N2. The van der Waals surface area contributed by atoms with E-state index in [1.54, 1.807) is 0 Å². The minimum absolute atomic E-state index is 0.509. The van der Waals surface area contributed by atoms with Crippen molar-refractivity contribution in [2.45, 2.75) is 5.41 Å². The number of para-hydroxylation sites is 2. The molecule has 0 radical (unpaired) electrons. The van der Waals surface area contributed by atoms with Gasteiger partial charge in [-0.1, -0.05) is 170 Å². The average Bonchev–Trinajstić information content (AvgIpc) is 3.79. The maximum Gasteiger partial charge on any atom is 0.0713 e. The maximum absolute atomic E-state index is 2.49. The van der Waals surface area contributed by atoms with Crippen LogP contribution in [0.15, 0.2) is 231 Å². The second-order valence-electron chi connectivity index (χ2n) is 14.9. The zero-order valence-electron chi connectivity index (χ0n) is 31.3. The van der Waals surface area contributed by atoms with Crippen LogP contribution < -0.4 is 4.90 Å². The van der Waals surface area contributed by atoms with Crippen molar-refractivity contribution >= 4 is 38.9 Å². The average molecular weight is 727 g/mol. The quantitative estimate of drug-likeness (QED) is 0.159. The predicted octanol–water partition coefficient (Wildman–Crippen LogP) is 14.3. The molecule has 268 valence electrons. The summed E-state index contributed by atoms with van der Waals surface area (Å²) in [6.45, 7) is 0. The number of anilines is 3. The standard InChI is InChI=1S/C55H38N2/c1-5-18-39(19-6-1)40-32-35-45(36-33-40)56(43-22-9-3-10-23-43)52-30-17-31-53-54(52)48-38-42(34-37-51(48)57(53)44-24-11-4-12-25-44)55(41-20-7-2-8-21-41)49-28-15-13-26-46(49)47-27-14-16-29-50(47)55/h1-38H. The van der Waals surface area contributed by atoms with Gasteiger partial charge < -0.3 is 9.47 Å². The smallest absolute Gasteiger partial charge is 0.0713 e. The molecule has 0 fully saturated rings. The Kier molecular flexibility index (Phi) is 7.75. The molecule has 0 bridgehead atoms. The fourth-order valence-corrected chi connectivity index (χ4v) is 9.48. The summed E-state index contributed by atoms with van der Waals surface area (Å²) in [5.74, 6) is 0. The molecule has 57 heavy (non-hydrogen) atoms. The lowest BCUT2D eigenvalue weighted by Gasteiger charge is -2.34. The van der Waals surface area contributed by atoms with Gasteiger partial charge in [-0.2, -0.15) is 0 Å². The molecule has 11 rings (SSSR count). The van der Waals surface area contributed by atoms with Gasteiger partial charge >= 0.3 is 0 Å². The highest BCUT2D eigenvalue weighted by atomic mass is 15.1. The van der Waals surface area contributed by atoms with E-state index >= 15 is 0 Å². The van der Waals surface area contributed by atoms with E-state index in [1.165, 1.54) is 60.8 Å². The first-order chi connectivity index (χ1) is 28.3. The lowest BCUT2D eigenvalue weighted by Crippen LogP contribution is -2.28. The molecule has 0 atom stereocenters. The number of hydrogen-bond acceptors (Lipinski definition) is 1. The largest absolute Gasteiger partial charge is 0.310 e. The van der Waals surface area contributed by atoms with E-state index in [2.05, 4.69) is 240 Å². The van der Waals surface area contributed by atoms with Gasteiger partial charge in [0.25, 0.3) is 0 Å². The molecule has 2 nitrogen and oxygen atoms in total. The SMILES string of the molecule is c1ccc(-c2ccc(N(c3ccccc3)c3cccc4c3c3cc(C5(c6ccccc6)c6ccccc6-c6ccccc65)ccc3n4-c3ccccc3)cc2)cc1. The predicted molar refractivity (Wildman–Crippen MR) is 238 cm³/mol. The first kappa shape index (κ1) is 33.0. The molecule has 0 spiro atoms. The van der Waals surface area contributed by atoms with E-state index < -0.39 is 5.41 Å². The highest BCUT2D eigenvalue weighted by molar-refractivity contribution is 6.17. The zero-order chi connectivity index (χ0) is 37.8. The van der Waals surface area contributed by atoms with Crippen molar-refractivity contribution < 1.29 is 0 Å². The highest BCUT2D eigenvalue weighted by Gasteiger charge is 2.46.